The van der Waals surface area contributed by atoms with Crippen LogP contribution in [0.4, 0.5) is 0 Å². The molecule has 4 N–H and O–H groups in total. The number of phenolic OH excluding ortho intramolecular Hbond substituents is 1. The zero-order valence-electron chi connectivity index (χ0n) is 10.9. The van der Waals surface area contributed by atoms with Crippen molar-refractivity contribution in [2.24, 2.45) is 5.73 Å². The van der Waals surface area contributed by atoms with Crippen molar-refractivity contribution in [3.63, 3.8) is 0 Å². The molecule has 1 aromatic rings. The summed E-state index contributed by atoms with van der Waals surface area (Å²) in [5.41, 5.74) is 6.07. The molecule has 0 fully saturated rings. The molecule has 0 aliphatic rings. The molecular formula is C13H19BrN2O3. The normalized spacial score (nSPS) is 10.4. The minimum atomic E-state index is -0.257. The molecular weight excluding hydrogens is 312 g/mol. The van der Waals surface area contributed by atoms with Crippen molar-refractivity contribution in [1.82, 2.24) is 5.32 Å². The minimum Gasteiger partial charge on any atom is -0.503 e. The highest BCUT2D eigenvalue weighted by Crippen LogP contribution is 2.35. The van der Waals surface area contributed by atoms with Crippen LogP contribution in [0.5, 0.6) is 11.5 Å². The Morgan fingerprint density at radius 1 is 1.47 bits per heavy atom. The summed E-state index contributed by atoms with van der Waals surface area (Å²) < 4.78 is 5.69. The Bertz CT molecular complexity index is 438. The molecule has 106 valence electrons. The maximum atomic E-state index is 10.6. The van der Waals surface area contributed by atoms with E-state index in [1.165, 1.54) is 7.11 Å². The molecule has 0 bridgehead atoms. The standard InChI is InChI=1S/C13H19BrN2O3/c1-19-11-7-9(6-10(14)13(11)18)8-16-5-3-2-4-12(15)17/h6-7,16,18H,2-5,8H2,1H3,(H2,15,17). The van der Waals surface area contributed by atoms with E-state index in [9.17, 15) is 9.90 Å². The van der Waals surface area contributed by atoms with E-state index in [0.29, 0.717) is 23.2 Å². The van der Waals surface area contributed by atoms with Gasteiger partial charge in [0.15, 0.2) is 11.5 Å². The molecule has 0 saturated heterocycles. The van der Waals surface area contributed by atoms with Gasteiger partial charge in [-0.2, -0.15) is 0 Å². The van der Waals surface area contributed by atoms with E-state index in [2.05, 4.69) is 21.2 Å². The van der Waals surface area contributed by atoms with Gasteiger partial charge in [0.05, 0.1) is 11.6 Å². The van der Waals surface area contributed by atoms with Gasteiger partial charge in [0.2, 0.25) is 5.91 Å². The number of primary amides is 1. The number of nitrogens with one attached hydrogen (secondary N) is 1. The molecule has 19 heavy (non-hydrogen) atoms. The number of halogens is 1. The van der Waals surface area contributed by atoms with Gasteiger partial charge in [-0.25, -0.2) is 0 Å². The second-order valence-corrected chi connectivity index (χ2v) is 5.08. The number of amides is 1. The number of methoxy groups -OCH3 is 1. The molecule has 0 aromatic heterocycles. The Kier molecular flexibility index (Phi) is 6.66. The lowest BCUT2D eigenvalue weighted by Crippen LogP contribution is -2.16. The quantitative estimate of drug-likeness (QED) is 0.635. The number of hydrogen-bond donors (Lipinski definition) is 3. The highest BCUT2D eigenvalue weighted by molar-refractivity contribution is 9.10. The Morgan fingerprint density at radius 2 is 2.21 bits per heavy atom. The summed E-state index contributed by atoms with van der Waals surface area (Å²) in [5.74, 6) is 0.291. The molecule has 0 radical (unpaired) electrons. The molecule has 0 aliphatic carbocycles. The third-order valence-electron chi connectivity index (χ3n) is 2.66. The van der Waals surface area contributed by atoms with Crippen molar-refractivity contribution in [1.29, 1.82) is 0 Å². The van der Waals surface area contributed by atoms with E-state index in [4.69, 9.17) is 10.5 Å². The van der Waals surface area contributed by atoms with Crippen LogP contribution >= 0.6 is 15.9 Å². The first-order valence-electron chi connectivity index (χ1n) is 6.09. The van der Waals surface area contributed by atoms with Crippen molar-refractivity contribution in [3.8, 4) is 11.5 Å². The minimum absolute atomic E-state index is 0.104. The zero-order chi connectivity index (χ0) is 14.3. The number of hydrogen-bond acceptors (Lipinski definition) is 4. The maximum Gasteiger partial charge on any atom is 0.217 e. The van der Waals surface area contributed by atoms with Gasteiger partial charge < -0.3 is 20.9 Å². The van der Waals surface area contributed by atoms with E-state index in [1.54, 1.807) is 6.07 Å². The van der Waals surface area contributed by atoms with Crippen molar-refractivity contribution in [3.05, 3.63) is 22.2 Å². The third-order valence-corrected chi connectivity index (χ3v) is 3.27. The number of carbonyl (C=O) groups is 1. The monoisotopic (exact) mass is 330 g/mol. The van der Waals surface area contributed by atoms with Crippen LogP contribution in [0.25, 0.3) is 0 Å². The van der Waals surface area contributed by atoms with E-state index in [-0.39, 0.29) is 11.7 Å². The molecule has 1 rings (SSSR count). The van der Waals surface area contributed by atoms with Gasteiger partial charge in [0.1, 0.15) is 0 Å². The first-order valence-corrected chi connectivity index (χ1v) is 6.88. The lowest BCUT2D eigenvalue weighted by Gasteiger charge is -2.09. The number of ether oxygens (including phenoxy) is 1. The van der Waals surface area contributed by atoms with Crippen LogP contribution in [0.3, 0.4) is 0 Å². The summed E-state index contributed by atoms with van der Waals surface area (Å²) in [6.45, 7) is 1.49. The number of carbonyl (C=O) groups excluding carboxylic acids is 1. The van der Waals surface area contributed by atoms with Gasteiger partial charge in [0, 0.05) is 13.0 Å². The van der Waals surface area contributed by atoms with Gasteiger partial charge in [-0.3, -0.25) is 4.79 Å². The van der Waals surface area contributed by atoms with Crippen LogP contribution in [0.15, 0.2) is 16.6 Å². The first kappa shape index (κ1) is 15.8. The highest BCUT2D eigenvalue weighted by atomic mass is 79.9. The van der Waals surface area contributed by atoms with E-state index in [0.717, 1.165) is 24.9 Å². The summed E-state index contributed by atoms with van der Waals surface area (Å²) in [4.78, 5) is 10.6. The molecule has 0 spiro atoms. The molecule has 0 saturated carbocycles. The fourth-order valence-corrected chi connectivity index (χ4v) is 2.16. The molecule has 0 atom stereocenters. The molecule has 1 amide bonds. The third kappa shape index (κ3) is 5.48. The van der Waals surface area contributed by atoms with Crippen LogP contribution in [-0.2, 0) is 11.3 Å². The smallest absolute Gasteiger partial charge is 0.217 e. The van der Waals surface area contributed by atoms with Crippen LogP contribution in [-0.4, -0.2) is 24.7 Å². The number of unbranched alkanes of at least 4 members (excludes halogenated alkanes) is 1. The second-order valence-electron chi connectivity index (χ2n) is 4.23. The molecule has 1 aromatic carbocycles. The summed E-state index contributed by atoms with van der Waals surface area (Å²) in [6.07, 6.45) is 2.13. The van der Waals surface area contributed by atoms with Gasteiger partial charge in [-0.1, -0.05) is 0 Å². The maximum absolute atomic E-state index is 10.6. The molecule has 5 nitrogen and oxygen atoms in total. The summed E-state index contributed by atoms with van der Waals surface area (Å²) >= 11 is 3.28. The Labute approximate surface area is 121 Å². The number of aromatic hydroxyl groups is 1. The second kappa shape index (κ2) is 8.01. The number of rotatable bonds is 8. The predicted octanol–water partition coefficient (Wildman–Crippen LogP) is 1.91. The topological polar surface area (TPSA) is 84.6 Å². The van der Waals surface area contributed by atoms with E-state index in [1.807, 2.05) is 6.07 Å². The van der Waals surface area contributed by atoms with Gasteiger partial charge in [-0.15, -0.1) is 0 Å². The fraction of sp³-hybridized carbons (Fsp3) is 0.462. The zero-order valence-corrected chi connectivity index (χ0v) is 12.5. The fourth-order valence-electron chi connectivity index (χ4n) is 1.67. The molecule has 0 unspecified atom stereocenters. The largest absolute Gasteiger partial charge is 0.503 e. The SMILES string of the molecule is COc1cc(CNCCCCC(N)=O)cc(Br)c1O. The summed E-state index contributed by atoms with van der Waals surface area (Å²) in [5, 5.41) is 12.9. The van der Waals surface area contributed by atoms with Crippen LogP contribution < -0.4 is 15.8 Å². The number of nitrogens with two attached hydrogens (primary N) is 1. The number of benzene rings is 1. The van der Waals surface area contributed by atoms with Gasteiger partial charge in [0.25, 0.3) is 0 Å². The Balaban J connectivity index is 2.37. The van der Waals surface area contributed by atoms with Gasteiger partial charge in [-0.05, 0) is 53.0 Å². The summed E-state index contributed by atoms with van der Waals surface area (Å²) in [7, 11) is 1.52. The van der Waals surface area contributed by atoms with Crippen LogP contribution in [0, 0.1) is 0 Å². The summed E-state index contributed by atoms with van der Waals surface area (Å²) in [6, 6.07) is 3.63. The van der Waals surface area contributed by atoms with E-state index < -0.39 is 0 Å². The molecule has 0 aliphatic heterocycles. The highest BCUT2D eigenvalue weighted by Gasteiger charge is 2.08. The molecule has 0 heterocycles. The van der Waals surface area contributed by atoms with Gasteiger partial charge >= 0.3 is 0 Å². The average molecular weight is 331 g/mol. The molecule has 6 heteroatoms. The van der Waals surface area contributed by atoms with Crippen molar-refractivity contribution < 1.29 is 14.6 Å². The van der Waals surface area contributed by atoms with Crippen molar-refractivity contribution in [2.75, 3.05) is 13.7 Å². The predicted molar refractivity (Wildman–Crippen MR) is 77.1 cm³/mol. The van der Waals surface area contributed by atoms with Crippen molar-refractivity contribution in [2.45, 2.75) is 25.8 Å². The first-order chi connectivity index (χ1) is 9.04. The van der Waals surface area contributed by atoms with Crippen molar-refractivity contribution >= 4 is 21.8 Å². The average Bonchev–Trinajstić information content (AvgIpc) is 2.37. The number of phenols is 1. The van der Waals surface area contributed by atoms with E-state index >= 15 is 0 Å². The Morgan fingerprint density at radius 3 is 2.84 bits per heavy atom. The van der Waals surface area contributed by atoms with Crippen LogP contribution in [0.1, 0.15) is 24.8 Å². The lowest BCUT2D eigenvalue weighted by atomic mass is 10.2. The van der Waals surface area contributed by atoms with Crippen LogP contribution in [0.2, 0.25) is 0 Å². The lowest BCUT2D eigenvalue weighted by molar-refractivity contribution is -0.118. The Hall–Kier alpha value is -1.27.